The van der Waals surface area contributed by atoms with Crippen LogP contribution in [0.5, 0.6) is 0 Å². The Labute approximate surface area is 112 Å². The number of rotatable bonds is 2. The van der Waals surface area contributed by atoms with Crippen LogP contribution in [0.25, 0.3) is 10.9 Å². The van der Waals surface area contributed by atoms with Gasteiger partial charge in [0.25, 0.3) is 0 Å². The Morgan fingerprint density at radius 1 is 1.53 bits per heavy atom. The van der Waals surface area contributed by atoms with E-state index in [1.807, 2.05) is 6.20 Å². The van der Waals surface area contributed by atoms with Gasteiger partial charge in [0.1, 0.15) is 0 Å². The number of aryl methyl sites for hydroxylation is 1. The first kappa shape index (κ1) is 12.2. The predicted molar refractivity (Wildman–Crippen MR) is 73.9 cm³/mol. The first-order valence-electron chi connectivity index (χ1n) is 6.66. The molecular weight excluding hydrogens is 240 g/mol. The van der Waals surface area contributed by atoms with E-state index in [0.29, 0.717) is 25.9 Å². The van der Waals surface area contributed by atoms with E-state index >= 15 is 0 Å². The summed E-state index contributed by atoms with van der Waals surface area (Å²) < 4.78 is 0. The van der Waals surface area contributed by atoms with Crippen LogP contribution in [-0.2, 0) is 11.2 Å². The number of aromatic nitrogens is 1. The van der Waals surface area contributed by atoms with Crippen molar-refractivity contribution in [2.24, 2.45) is 0 Å². The normalized spacial score (nSPS) is 19.3. The molecule has 1 saturated heterocycles. The van der Waals surface area contributed by atoms with Gasteiger partial charge in [-0.25, -0.2) is 0 Å². The summed E-state index contributed by atoms with van der Waals surface area (Å²) in [5.41, 5.74) is 3.31. The third kappa shape index (κ3) is 2.36. The number of H-pyrrole nitrogens is 1. The number of hydrogen-bond donors (Lipinski definition) is 2. The molecule has 0 radical (unpaired) electrons. The van der Waals surface area contributed by atoms with Crippen molar-refractivity contribution in [2.45, 2.75) is 25.9 Å². The van der Waals surface area contributed by atoms with Crippen molar-refractivity contribution in [3.8, 4) is 0 Å². The van der Waals surface area contributed by atoms with Gasteiger partial charge in [-0.2, -0.15) is 0 Å². The number of carbonyl (C=O) groups excluding carboxylic acids is 1. The van der Waals surface area contributed by atoms with Gasteiger partial charge in [-0.1, -0.05) is 12.1 Å². The zero-order valence-corrected chi connectivity index (χ0v) is 11.0. The molecule has 1 aromatic carbocycles. The van der Waals surface area contributed by atoms with Gasteiger partial charge in [0.2, 0.25) is 5.91 Å². The number of likely N-dealkylation sites (tertiary alicyclic amines) is 1. The van der Waals surface area contributed by atoms with Crippen LogP contribution in [0.2, 0.25) is 0 Å². The molecule has 1 aromatic heterocycles. The fraction of sp³-hybridized carbons (Fsp3) is 0.400. The van der Waals surface area contributed by atoms with E-state index in [0.717, 1.165) is 16.5 Å². The van der Waals surface area contributed by atoms with Crippen LogP contribution in [0.1, 0.15) is 17.5 Å². The fourth-order valence-corrected chi connectivity index (χ4v) is 2.69. The van der Waals surface area contributed by atoms with E-state index in [9.17, 15) is 9.90 Å². The van der Waals surface area contributed by atoms with Gasteiger partial charge in [0.05, 0.1) is 12.5 Å². The molecule has 2 N–H and O–H groups in total. The lowest BCUT2D eigenvalue weighted by Gasteiger charge is -2.15. The average Bonchev–Trinajstić information content (AvgIpc) is 2.96. The number of fused-ring (bicyclic) bond motifs is 1. The number of aromatic amines is 1. The van der Waals surface area contributed by atoms with Crippen molar-refractivity contribution in [3.05, 3.63) is 35.5 Å². The molecule has 2 heterocycles. The summed E-state index contributed by atoms with van der Waals surface area (Å²) in [7, 11) is 0. The molecular formula is C15H18N2O2. The molecule has 0 spiro atoms. The summed E-state index contributed by atoms with van der Waals surface area (Å²) in [5, 5.41) is 10.6. The zero-order chi connectivity index (χ0) is 13.4. The number of β-amino-alcohol motifs (C(OH)–C–C–N with tert-alkyl or cyclic N) is 1. The number of amides is 1. The van der Waals surface area contributed by atoms with Crippen molar-refractivity contribution in [2.75, 3.05) is 13.1 Å². The standard InChI is InChI=1S/C15H18N2O2/c1-10-2-3-13-11(8-16-14(13)6-10)7-15(19)17-5-4-12(18)9-17/h2-3,6,8,12,16,18H,4-5,7,9H2,1H3/t12-/m1/s1. The molecule has 0 aliphatic carbocycles. The highest BCUT2D eigenvalue weighted by Crippen LogP contribution is 2.21. The largest absolute Gasteiger partial charge is 0.391 e. The van der Waals surface area contributed by atoms with Gasteiger partial charge >= 0.3 is 0 Å². The Balaban J connectivity index is 1.80. The number of carbonyl (C=O) groups is 1. The first-order chi connectivity index (χ1) is 9.13. The summed E-state index contributed by atoms with van der Waals surface area (Å²) >= 11 is 0. The van der Waals surface area contributed by atoms with Crippen LogP contribution in [0.4, 0.5) is 0 Å². The minimum absolute atomic E-state index is 0.0954. The van der Waals surface area contributed by atoms with E-state index in [1.54, 1.807) is 4.90 Å². The Morgan fingerprint density at radius 3 is 3.11 bits per heavy atom. The van der Waals surface area contributed by atoms with E-state index in [4.69, 9.17) is 0 Å². The van der Waals surface area contributed by atoms with Crippen LogP contribution >= 0.6 is 0 Å². The maximum atomic E-state index is 12.2. The predicted octanol–water partition coefficient (Wildman–Crippen LogP) is 1.61. The van der Waals surface area contributed by atoms with E-state index < -0.39 is 0 Å². The molecule has 1 atom stereocenters. The average molecular weight is 258 g/mol. The summed E-state index contributed by atoms with van der Waals surface area (Å²) in [5.74, 6) is 0.0954. The molecule has 1 aliphatic heterocycles. The molecule has 1 amide bonds. The lowest BCUT2D eigenvalue weighted by molar-refractivity contribution is -0.129. The highest BCUT2D eigenvalue weighted by atomic mass is 16.3. The summed E-state index contributed by atoms with van der Waals surface area (Å²) in [6.45, 7) is 3.19. The van der Waals surface area contributed by atoms with E-state index in [-0.39, 0.29) is 12.0 Å². The zero-order valence-electron chi connectivity index (χ0n) is 11.0. The highest BCUT2D eigenvalue weighted by Gasteiger charge is 2.24. The van der Waals surface area contributed by atoms with Crippen LogP contribution < -0.4 is 0 Å². The maximum Gasteiger partial charge on any atom is 0.227 e. The lowest BCUT2D eigenvalue weighted by Crippen LogP contribution is -2.30. The maximum absolute atomic E-state index is 12.2. The molecule has 2 aromatic rings. The van der Waals surface area contributed by atoms with Crippen LogP contribution in [0, 0.1) is 6.92 Å². The van der Waals surface area contributed by atoms with Gasteiger partial charge in [-0.15, -0.1) is 0 Å². The summed E-state index contributed by atoms with van der Waals surface area (Å²) in [6, 6.07) is 6.20. The van der Waals surface area contributed by atoms with Gasteiger partial charge in [-0.05, 0) is 30.5 Å². The SMILES string of the molecule is Cc1ccc2c(CC(=O)N3CC[C@@H](O)C3)c[nH]c2c1. The highest BCUT2D eigenvalue weighted by molar-refractivity contribution is 5.89. The van der Waals surface area contributed by atoms with Gasteiger partial charge in [0.15, 0.2) is 0 Å². The molecule has 100 valence electrons. The van der Waals surface area contributed by atoms with Gasteiger partial charge in [-0.3, -0.25) is 4.79 Å². The molecule has 4 heteroatoms. The second-order valence-electron chi connectivity index (χ2n) is 5.32. The van der Waals surface area contributed by atoms with Crippen molar-refractivity contribution in [3.63, 3.8) is 0 Å². The van der Waals surface area contributed by atoms with Crippen LogP contribution in [0.3, 0.4) is 0 Å². The number of nitrogens with zero attached hydrogens (tertiary/aromatic N) is 1. The third-order valence-corrected chi connectivity index (χ3v) is 3.78. The van der Waals surface area contributed by atoms with Crippen LogP contribution in [0.15, 0.2) is 24.4 Å². The number of benzene rings is 1. The van der Waals surface area contributed by atoms with E-state index in [1.165, 1.54) is 5.56 Å². The lowest BCUT2D eigenvalue weighted by atomic mass is 10.1. The molecule has 4 nitrogen and oxygen atoms in total. The molecule has 1 aliphatic rings. The van der Waals surface area contributed by atoms with Crippen molar-refractivity contribution in [1.82, 2.24) is 9.88 Å². The number of aliphatic hydroxyl groups is 1. The number of hydrogen-bond acceptors (Lipinski definition) is 2. The van der Waals surface area contributed by atoms with Gasteiger partial charge < -0.3 is 15.0 Å². The monoisotopic (exact) mass is 258 g/mol. The molecule has 3 rings (SSSR count). The second-order valence-corrected chi connectivity index (χ2v) is 5.32. The van der Waals surface area contributed by atoms with Crippen LogP contribution in [-0.4, -0.2) is 40.1 Å². The number of nitrogens with one attached hydrogen (secondary N) is 1. The summed E-state index contributed by atoms with van der Waals surface area (Å²) in [6.07, 6.45) is 2.65. The minimum atomic E-state index is -0.352. The Hall–Kier alpha value is -1.81. The Kier molecular flexibility index (Phi) is 3.03. The van der Waals surface area contributed by atoms with E-state index in [2.05, 4.69) is 30.1 Å². The Morgan fingerprint density at radius 2 is 2.37 bits per heavy atom. The third-order valence-electron chi connectivity index (χ3n) is 3.78. The molecule has 0 saturated carbocycles. The second kappa shape index (κ2) is 4.70. The Bertz CT molecular complexity index is 618. The van der Waals surface area contributed by atoms with Crippen molar-refractivity contribution < 1.29 is 9.90 Å². The van der Waals surface area contributed by atoms with Gasteiger partial charge in [0, 0.05) is 30.2 Å². The van der Waals surface area contributed by atoms with Crippen molar-refractivity contribution in [1.29, 1.82) is 0 Å². The fourth-order valence-electron chi connectivity index (χ4n) is 2.69. The molecule has 0 bridgehead atoms. The quantitative estimate of drug-likeness (QED) is 0.860. The van der Waals surface area contributed by atoms with Crippen molar-refractivity contribution >= 4 is 16.8 Å². The summed E-state index contributed by atoms with van der Waals surface area (Å²) in [4.78, 5) is 17.1. The number of aliphatic hydroxyl groups excluding tert-OH is 1. The molecule has 1 fully saturated rings. The first-order valence-corrected chi connectivity index (χ1v) is 6.66. The molecule has 19 heavy (non-hydrogen) atoms. The minimum Gasteiger partial charge on any atom is -0.391 e. The topological polar surface area (TPSA) is 56.3 Å². The smallest absolute Gasteiger partial charge is 0.227 e. The molecule has 0 unspecified atom stereocenters.